The van der Waals surface area contributed by atoms with E-state index in [-0.39, 0.29) is 5.97 Å². The van der Waals surface area contributed by atoms with Crippen LogP contribution in [-0.4, -0.2) is 31.8 Å². The van der Waals surface area contributed by atoms with Gasteiger partial charge >= 0.3 is 5.97 Å². The largest absolute Gasteiger partial charge is 0.490 e. The Labute approximate surface area is 107 Å². The standard InChI is InChI=1S/C14H19NO3/c16-14(11-12-5-4-8-15-12)18-10-9-17-13-6-2-1-3-7-13/h1-3,6-7,12,15H,4-5,8-11H2. The molecule has 4 nitrogen and oxygen atoms in total. The Kier molecular flexibility index (Phi) is 5.02. The molecule has 1 unspecified atom stereocenters. The molecule has 1 aromatic carbocycles. The summed E-state index contributed by atoms with van der Waals surface area (Å²) in [7, 11) is 0. The van der Waals surface area contributed by atoms with Crippen LogP contribution >= 0.6 is 0 Å². The third-order valence-electron chi connectivity index (χ3n) is 2.93. The fourth-order valence-corrected chi connectivity index (χ4v) is 2.02. The van der Waals surface area contributed by atoms with Crippen molar-refractivity contribution in [2.24, 2.45) is 0 Å². The maximum atomic E-state index is 11.5. The Balaban J connectivity index is 1.56. The molecule has 1 saturated heterocycles. The number of rotatable bonds is 6. The van der Waals surface area contributed by atoms with Gasteiger partial charge in [0.1, 0.15) is 19.0 Å². The summed E-state index contributed by atoms with van der Waals surface area (Å²) in [5.41, 5.74) is 0. The van der Waals surface area contributed by atoms with Gasteiger partial charge < -0.3 is 14.8 Å². The molecular formula is C14H19NO3. The van der Waals surface area contributed by atoms with Crippen molar-refractivity contribution in [1.29, 1.82) is 0 Å². The average Bonchev–Trinajstić information content (AvgIpc) is 2.89. The lowest BCUT2D eigenvalue weighted by molar-refractivity contribution is -0.144. The number of carbonyl (C=O) groups excluding carboxylic acids is 1. The highest BCUT2D eigenvalue weighted by molar-refractivity contribution is 5.70. The molecule has 2 rings (SSSR count). The quantitative estimate of drug-likeness (QED) is 0.616. The molecule has 0 aliphatic carbocycles. The molecule has 1 aliphatic heterocycles. The lowest BCUT2D eigenvalue weighted by Gasteiger charge is -2.10. The highest BCUT2D eigenvalue weighted by Gasteiger charge is 2.18. The molecular weight excluding hydrogens is 230 g/mol. The first-order chi connectivity index (χ1) is 8.84. The fourth-order valence-electron chi connectivity index (χ4n) is 2.02. The smallest absolute Gasteiger partial charge is 0.307 e. The second kappa shape index (κ2) is 7.01. The second-order valence-electron chi connectivity index (χ2n) is 4.38. The molecule has 98 valence electrons. The minimum absolute atomic E-state index is 0.147. The summed E-state index contributed by atoms with van der Waals surface area (Å²) in [5, 5.41) is 3.27. The van der Waals surface area contributed by atoms with E-state index in [2.05, 4.69) is 5.32 Å². The molecule has 1 atom stereocenters. The molecule has 0 aromatic heterocycles. The molecule has 1 aromatic rings. The van der Waals surface area contributed by atoms with Crippen molar-refractivity contribution in [3.63, 3.8) is 0 Å². The Morgan fingerprint density at radius 1 is 1.28 bits per heavy atom. The maximum absolute atomic E-state index is 11.5. The Morgan fingerprint density at radius 2 is 2.11 bits per heavy atom. The van der Waals surface area contributed by atoms with E-state index in [9.17, 15) is 4.79 Å². The monoisotopic (exact) mass is 249 g/mol. The molecule has 1 fully saturated rings. The van der Waals surface area contributed by atoms with Gasteiger partial charge in [0, 0.05) is 6.04 Å². The SMILES string of the molecule is O=C(CC1CCCN1)OCCOc1ccccc1. The zero-order valence-electron chi connectivity index (χ0n) is 10.4. The number of nitrogens with one attached hydrogen (secondary N) is 1. The molecule has 0 radical (unpaired) electrons. The summed E-state index contributed by atoms with van der Waals surface area (Å²) in [6, 6.07) is 9.81. The fraction of sp³-hybridized carbons (Fsp3) is 0.500. The van der Waals surface area contributed by atoms with Crippen LogP contribution in [0.15, 0.2) is 30.3 Å². The molecule has 0 spiro atoms. The number of carbonyl (C=O) groups is 1. The van der Waals surface area contributed by atoms with Crippen LogP contribution in [0, 0.1) is 0 Å². The highest BCUT2D eigenvalue weighted by Crippen LogP contribution is 2.10. The van der Waals surface area contributed by atoms with Gasteiger partial charge in [0.15, 0.2) is 0 Å². The normalized spacial score (nSPS) is 18.6. The minimum atomic E-state index is -0.147. The molecule has 18 heavy (non-hydrogen) atoms. The maximum Gasteiger partial charge on any atom is 0.307 e. The van der Waals surface area contributed by atoms with Gasteiger partial charge in [-0.15, -0.1) is 0 Å². The zero-order valence-corrected chi connectivity index (χ0v) is 10.4. The Bertz CT molecular complexity index is 361. The van der Waals surface area contributed by atoms with Gasteiger partial charge in [-0.2, -0.15) is 0 Å². The molecule has 1 N–H and O–H groups in total. The molecule has 0 saturated carbocycles. The van der Waals surface area contributed by atoms with Crippen LogP contribution in [0.3, 0.4) is 0 Å². The number of benzene rings is 1. The van der Waals surface area contributed by atoms with Crippen molar-refractivity contribution >= 4 is 5.97 Å². The van der Waals surface area contributed by atoms with Crippen LogP contribution in [0.25, 0.3) is 0 Å². The summed E-state index contributed by atoms with van der Waals surface area (Å²) in [5.74, 6) is 0.650. The van der Waals surface area contributed by atoms with Crippen molar-refractivity contribution in [3.05, 3.63) is 30.3 Å². The van der Waals surface area contributed by atoms with E-state index >= 15 is 0 Å². The predicted molar refractivity (Wildman–Crippen MR) is 68.5 cm³/mol. The first-order valence-electron chi connectivity index (χ1n) is 6.41. The lowest BCUT2D eigenvalue weighted by Crippen LogP contribution is -2.26. The molecule has 4 heteroatoms. The molecule has 0 bridgehead atoms. The minimum Gasteiger partial charge on any atom is -0.490 e. The van der Waals surface area contributed by atoms with Gasteiger partial charge in [-0.3, -0.25) is 4.79 Å². The van der Waals surface area contributed by atoms with E-state index in [0.29, 0.717) is 25.7 Å². The average molecular weight is 249 g/mol. The Morgan fingerprint density at radius 3 is 2.83 bits per heavy atom. The van der Waals surface area contributed by atoms with Gasteiger partial charge in [0.2, 0.25) is 0 Å². The summed E-state index contributed by atoms with van der Waals surface area (Å²) >= 11 is 0. The first kappa shape index (κ1) is 12.9. The molecule has 1 heterocycles. The van der Waals surface area contributed by atoms with Crippen LogP contribution < -0.4 is 10.1 Å². The van der Waals surface area contributed by atoms with E-state index in [4.69, 9.17) is 9.47 Å². The van der Waals surface area contributed by atoms with Gasteiger partial charge in [-0.25, -0.2) is 0 Å². The van der Waals surface area contributed by atoms with Crippen molar-refractivity contribution in [3.8, 4) is 5.75 Å². The van der Waals surface area contributed by atoms with E-state index in [0.717, 1.165) is 25.1 Å². The number of esters is 1. The van der Waals surface area contributed by atoms with E-state index in [1.165, 1.54) is 0 Å². The Hall–Kier alpha value is -1.55. The molecule has 1 aliphatic rings. The second-order valence-corrected chi connectivity index (χ2v) is 4.38. The van der Waals surface area contributed by atoms with Crippen molar-refractivity contribution in [2.75, 3.05) is 19.8 Å². The van der Waals surface area contributed by atoms with E-state index < -0.39 is 0 Å². The van der Waals surface area contributed by atoms with Crippen LogP contribution in [0.2, 0.25) is 0 Å². The third-order valence-corrected chi connectivity index (χ3v) is 2.93. The topological polar surface area (TPSA) is 47.6 Å². The van der Waals surface area contributed by atoms with Crippen LogP contribution in [-0.2, 0) is 9.53 Å². The summed E-state index contributed by atoms with van der Waals surface area (Å²) in [6.45, 7) is 1.71. The van der Waals surface area contributed by atoms with E-state index in [1.807, 2.05) is 30.3 Å². The third kappa shape index (κ3) is 4.37. The lowest BCUT2D eigenvalue weighted by atomic mass is 10.2. The van der Waals surface area contributed by atoms with Crippen molar-refractivity contribution < 1.29 is 14.3 Å². The number of ether oxygens (including phenoxy) is 2. The number of hydrogen-bond acceptors (Lipinski definition) is 4. The van der Waals surface area contributed by atoms with Gasteiger partial charge in [-0.1, -0.05) is 18.2 Å². The zero-order chi connectivity index (χ0) is 12.6. The first-order valence-corrected chi connectivity index (χ1v) is 6.41. The van der Waals surface area contributed by atoms with Crippen LogP contribution in [0.1, 0.15) is 19.3 Å². The van der Waals surface area contributed by atoms with Crippen LogP contribution in [0.5, 0.6) is 5.75 Å². The van der Waals surface area contributed by atoms with Gasteiger partial charge in [0.05, 0.1) is 6.42 Å². The highest BCUT2D eigenvalue weighted by atomic mass is 16.6. The van der Waals surface area contributed by atoms with Gasteiger partial charge in [-0.05, 0) is 31.5 Å². The van der Waals surface area contributed by atoms with Crippen molar-refractivity contribution in [1.82, 2.24) is 5.32 Å². The summed E-state index contributed by atoms with van der Waals surface area (Å²) in [6.07, 6.45) is 2.68. The van der Waals surface area contributed by atoms with Gasteiger partial charge in [0.25, 0.3) is 0 Å². The summed E-state index contributed by atoms with van der Waals surface area (Å²) in [4.78, 5) is 11.5. The van der Waals surface area contributed by atoms with E-state index in [1.54, 1.807) is 0 Å². The predicted octanol–water partition coefficient (Wildman–Crippen LogP) is 1.75. The van der Waals surface area contributed by atoms with Crippen LogP contribution in [0.4, 0.5) is 0 Å². The van der Waals surface area contributed by atoms with Crippen molar-refractivity contribution in [2.45, 2.75) is 25.3 Å². The summed E-state index contributed by atoms with van der Waals surface area (Å²) < 4.78 is 10.6. The number of hydrogen-bond donors (Lipinski definition) is 1. The number of para-hydroxylation sites is 1. The molecule has 0 amide bonds.